The number of anilines is 1. The topological polar surface area (TPSA) is 61.4 Å². The average Bonchev–Trinajstić information content (AvgIpc) is 2.56. The van der Waals surface area contributed by atoms with Gasteiger partial charge in [-0.05, 0) is 37.7 Å². The molecule has 2 fully saturated rings. The van der Waals surface area contributed by atoms with Crippen molar-refractivity contribution >= 4 is 12.0 Å². The number of rotatable bonds is 2. The summed E-state index contributed by atoms with van der Waals surface area (Å²) in [4.78, 5) is 25.1. The van der Waals surface area contributed by atoms with Crippen LogP contribution < -0.4 is 10.2 Å². The van der Waals surface area contributed by atoms with Gasteiger partial charge in [0.25, 0.3) is 0 Å². The Labute approximate surface area is 131 Å². The number of hydrogen-bond donors (Lipinski definition) is 1. The number of piperidine rings is 2. The Balaban J connectivity index is 1.46. The smallest absolute Gasteiger partial charge is 0.317 e. The molecular formula is C16H25N5O. The lowest BCUT2D eigenvalue weighted by Gasteiger charge is -2.35. The van der Waals surface area contributed by atoms with Gasteiger partial charge in [0.15, 0.2) is 0 Å². The Morgan fingerprint density at radius 1 is 1.18 bits per heavy atom. The lowest BCUT2D eigenvalue weighted by molar-refractivity contribution is 0.164. The van der Waals surface area contributed by atoms with E-state index in [2.05, 4.69) is 27.1 Å². The molecule has 0 radical (unpaired) electrons. The highest BCUT2D eigenvalue weighted by atomic mass is 16.2. The fraction of sp³-hybridized carbons (Fsp3) is 0.688. The summed E-state index contributed by atoms with van der Waals surface area (Å²) in [7, 11) is 0. The molecule has 3 rings (SSSR count). The predicted molar refractivity (Wildman–Crippen MR) is 85.8 cm³/mol. The van der Waals surface area contributed by atoms with Crippen molar-refractivity contribution in [2.24, 2.45) is 5.92 Å². The van der Waals surface area contributed by atoms with E-state index < -0.39 is 0 Å². The fourth-order valence-electron chi connectivity index (χ4n) is 3.32. The van der Waals surface area contributed by atoms with Crippen molar-refractivity contribution in [2.45, 2.75) is 38.6 Å². The number of hydrogen-bond acceptors (Lipinski definition) is 4. The number of nitrogens with one attached hydrogen (secondary N) is 1. The van der Waals surface area contributed by atoms with Crippen LogP contribution in [0.1, 0.15) is 32.6 Å². The molecule has 1 N–H and O–H groups in total. The molecule has 2 aliphatic heterocycles. The van der Waals surface area contributed by atoms with Gasteiger partial charge in [0.05, 0.1) is 0 Å². The number of urea groups is 1. The number of aromatic nitrogens is 2. The van der Waals surface area contributed by atoms with Crippen LogP contribution in [0.15, 0.2) is 18.5 Å². The third kappa shape index (κ3) is 3.67. The second-order valence-electron chi connectivity index (χ2n) is 6.45. The van der Waals surface area contributed by atoms with Gasteiger partial charge in [0, 0.05) is 44.6 Å². The Kier molecular flexibility index (Phi) is 4.75. The number of amides is 2. The predicted octanol–water partition coefficient (Wildman–Crippen LogP) is 1.89. The molecule has 0 aromatic carbocycles. The summed E-state index contributed by atoms with van der Waals surface area (Å²) in [6.45, 7) is 5.80. The Morgan fingerprint density at radius 3 is 2.59 bits per heavy atom. The van der Waals surface area contributed by atoms with Crippen LogP contribution in [0.2, 0.25) is 0 Å². The van der Waals surface area contributed by atoms with Gasteiger partial charge in [-0.3, -0.25) is 0 Å². The fourth-order valence-corrected chi connectivity index (χ4v) is 3.32. The van der Waals surface area contributed by atoms with E-state index in [0.717, 1.165) is 51.4 Å². The maximum Gasteiger partial charge on any atom is 0.317 e. The van der Waals surface area contributed by atoms with E-state index in [-0.39, 0.29) is 12.1 Å². The SMILES string of the molecule is CC1CCCN(C(=O)NC2CCN(c3ncccn3)CC2)C1. The van der Waals surface area contributed by atoms with E-state index in [9.17, 15) is 4.79 Å². The van der Waals surface area contributed by atoms with Crippen molar-refractivity contribution in [3.8, 4) is 0 Å². The van der Waals surface area contributed by atoms with Crippen LogP contribution in [0.3, 0.4) is 0 Å². The summed E-state index contributed by atoms with van der Waals surface area (Å²) in [5.41, 5.74) is 0. The van der Waals surface area contributed by atoms with Crippen molar-refractivity contribution in [2.75, 3.05) is 31.1 Å². The molecule has 22 heavy (non-hydrogen) atoms. The molecule has 2 amide bonds. The second-order valence-corrected chi connectivity index (χ2v) is 6.45. The molecule has 3 heterocycles. The van der Waals surface area contributed by atoms with E-state index in [4.69, 9.17) is 0 Å². The number of carbonyl (C=O) groups excluding carboxylic acids is 1. The lowest BCUT2D eigenvalue weighted by Crippen LogP contribution is -2.51. The van der Waals surface area contributed by atoms with Gasteiger partial charge < -0.3 is 15.1 Å². The number of nitrogens with zero attached hydrogens (tertiary/aromatic N) is 4. The van der Waals surface area contributed by atoms with E-state index in [1.807, 2.05) is 11.0 Å². The first kappa shape index (κ1) is 15.1. The van der Waals surface area contributed by atoms with Crippen LogP contribution >= 0.6 is 0 Å². The monoisotopic (exact) mass is 303 g/mol. The first-order chi connectivity index (χ1) is 10.7. The molecule has 120 valence electrons. The molecule has 0 saturated carbocycles. The lowest BCUT2D eigenvalue weighted by atomic mass is 10.0. The van der Waals surface area contributed by atoms with Crippen LogP contribution in [0.25, 0.3) is 0 Å². The highest BCUT2D eigenvalue weighted by Crippen LogP contribution is 2.18. The average molecular weight is 303 g/mol. The van der Waals surface area contributed by atoms with Gasteiger partial charge in [-0.1, -0.05) is 6.92 Å². The molecule has 1 atom stereocenters. The van der Waals surface area contributed by atoms with E-state index in [1.165, 1.54) is 6.42 Å². The first-order valence-corrected chi connectivity index (χ1v) is 8.30. The van der Waals surface area contributed by atoms with Crippen LogP contribution in [-0.4, -0.2) is 53.1 Å². The summed E-state index contributed by atoms with van der Waals surface area (Å²) in [6.07, 6.45) is 7.81. The molecule has 0 spiro atoms. The molecule has 1 aromatic rings. The van der Waals surface area contributed by atoms with Crippen LogP contribution in [0.4, 0.5) is 10.7 Å². The van der Waals surface area contributed by atoms with Crippen LogP contribution in [-0.2, 0) is 0 Å². The highest BCUT2D eigenvalue weighted by Gasteiger charge is 2.26. The first-order valence-electron chi connectivity index (χ1n) is 8.30. The maximum atomic E-state index is 12.3. The zero-order chi connectivity index (χ0) is 15.4. The number of likely N-dealkylation sites (tertiary alicyclic amines) is 1. The maximum absolute atomic E-state index is 12.3. The van der Waals surface area contributed by atoms with Gasteiger partial charge >= 0.3 is 6.03 Å². The molecule has 1 unspecified atom stereocenters. The summed E-state index contributed by atoms with van der Waals surface area (Å²) in [6, 6.07) is 2.21. The van der Waals surface area contributed by atoms with Gasteiger partial charge in [-0.25, -0.2) is 14.8 Å². The third-order valence-electron chi connectivity index (χ3n) is 4.60. The van der Waals surface area contributed by atoms with Crippen molar-refractivity contribution in [1.29, 1.82) is 0 Å². The minimum absolute atomic E-state index is 0.112. The van der Waals surface area contributed by atoms with Gasteiger partial charge in [0.2, 0.25) is 5.95 Å². The van der Waals surface area contributed by atoms with Crippen molar-refractivity contribution in [1.82, 2.24) is 20.2 Å². The van der Waals surface area contributed by atoms with Gasteiger partial charge in [0.1, 0.15) is 0 Å². The standard InChI is InChI=1S/C16H25N5O/c1-13-4-2-9-21(12-13)16(22)19-14-5-10-20(11-6-14)15-17-7-3-8-18-15/h3,7-8,13-14H,2,4-6,9-12H2,1H3,(H,19,22). The molecule has 0 aliphatic carbocycles. The normalized spacial score (nSPS) is 23.4. The van der Waals surface area contributed by atoms with Gasteiger partial charge in [-0.2, -0.15) is 0 Å². The van der Waals surface area contributed by atoms with Crippen LogP contribution in [0.5, 0.6) is 0 Å². The molecule has 6 nitrogen and oxygen atoms in total. The summed E-state index contributed by atoms with van der Waals surface area (Å²) >= 11 is 0. The van der Waals surface area contributed by atoms with E-state index in [0.29, 0.717) is 5.92 Å². The summed E-state index contributed by atoms with van der Waals surface area (Å²) in [5, 5.41) is 3.20. The molecular weight excluding hydrogens is 278 g/mol. The minimum Gasteiger partial charge on any atom is -0.341 e. The molecule has 2 saturated heterocycles. The second kappa shape index (κ2) is 6.94. The minimum atomic E-state index is 0.112. The Bertz CT molecular complexity index is 487. The van der Waals surface area contributed by atoms with Gasteiger partial charge in [-0.15, -0.1) is 0 Å². The molecule has 2 aliphatic rings. The Morgan fingerprint density at radius 2 is 1.91 bits per heavy atom. The van der Waals surface area contributed by atoms with E-state index >= 15 is 0 Å². The quantitative estimate of drug-likeness (QED) is 0.906. The molecule has 1 aromatic heterocycles. The zero-order valence-electron chi connectivity index (χ0n) is 13.2. The van der Waals surface area contributed by atoms with Crippen molar-refractivity contribution in [3.63, 3.8) is 0 Å². The van der Waals surface area contributed by atoms with Crippen molar-refractivity contribution < 1.29 is 4.79 Å². The largest absolute Gasteiger partial charge is 0.341 e. The van der Waals surface area contributed by atoms with E-state index in [1.54, 1.807) is 12.4 Å². The summed E-state index contributed by atoms with van der Waals surface area (Å²) < 4.78 is 0. The zero-order valence-corrected chi connectivity index (χ0v) is 13.2. The van der Waals surface area contributed by atoms with Crippen molar-refractivity contribution in [3.05, 3.63) is 18.5 Å². The third-order valence-corrected chi connectivity index (χ3v) is 4.60. The highest BCUT2D eigenvalue weighted by molar-refractivity contribution is 5.74. The molecule has 0 bridgehead atoms. The van der Waals surface area contributed by atoms with Crippen LogP contribution in [0, 0.1) is 5.92 Å². The summed E-state index contributed by atoms with van der Waals surface area (Å²) in [5.74, 6) is 1.41. The Hall–Kier alpha value is -1.85. The number of carbonyl (C=O) groups is 1. The molecule has 6 heteroatoms.